The smallest absolute Gasteiger partial charge is 0.223 e. The molecule has 1 saturated heterocycles. The van der Waals surface area contributed by atoms with E-state index in [1.807, 2.05) is 42.5 Å². The Morgan fingerprint density at radius 1 is 1.22 bits per heavy atom. The quantitative estimate of drug-likeness (QED) is 0.929. The summed E-state index contributed by atoms with van der Waals surface area (Å²) in [6.45, 7) is 1.11. The molecule has 3 rings (SSSR count). The van der Waals surface area contributed by atoms with Gasteiger partial charge in [-0.1, -0.05) is 48.6 Å². The third kappa shape index (κ3) is 3.22. The van der Waals surface area contributed by atoms with Crippen molar-refractivity contribution in [2.45, 2.75) is 30.3 Å². The van der Waals surface area contributed by atoms with Crippen LogP contribution in [0.15, 0.2) is 54.6 Å². The SMILES string of the molecule is NCC1(c2ccccc2)CCN(CC2(F)C=CC=CC2)C(=O)C1. The number of amides is 1. The van der Waals surface area contributed by atoms with Crippen molar-refractivity contribution in [3.05, 3.63) is 60.2 Å². The Morgan fingerprint density at radius 3 is 2.61 bits per heavy atom. The van der Waals surface area contributed by atoms with Crippen molar-refractivity contribution >= 4 is 5.91 Å². The molecule has 23 heavy (non-hydrogen) atoms. The number of halogens is 1. The van der Waals surface area contributed by atoms with E-state index in [1.54, 1.807) is 17.1 Å². The first-order valence-corrected chi connectivity index (χ1v) is 8.14. The number of rotatable bonds is 4. The third-order valence-electron chi connectivity index (χ3n) is 5.03. The Morgan fingerprint density at radius 2 is 2.00 bits per heavy atom. The summed E-state index contributed by atoms with van der Waals surface area (Å²) in [4.78, 5) is 14.3. The monoisotopic (exact) mass is 314 g/mol. The van der Waals surface area contributed by atoms with E-state index in [2.05, 4.69) is 0 Å². The van der Waals surface area contributed by atoms with E-state index in [1.165, 1.54) is 0 Å². The van der Waals surface area contributed by atoms with E-state index in [9.17, 15) is 9.18 Å². The van der Waals surface area contributed by atoms with Crippen LogP contribution in [-0.4, -0.2) is 36.1 Å². The van der Waals surface area contributed by atoms with Gasteiger partial charge in [-0.3, -0.25) is 4.79 Å². The second-order valence-corrected chi connectivity index (χ2v) is 6.62. The molecule has 1 aliphatic heterocycles. The van der Waals surface area contributed by atoms with Crippen molar-refractivity contribution < 1.29 is 9.18 Å². The Balaban J connectivity index is 1.73. The van der Waals surface area contributed by atoms with E-state index >= 15 is 0 Å². The molecule has 0 saturated carbocycles. The lowest BCUT2D eigenvalue weighted by Crippen LogP contribution is -2.52. The lowest BCUT2D eigenvalue weighted by atomic mass is 9.72. The molecule has 0 spiro atoms. The van der Waals surface area contributed by atoms with Crippen molar-refractivity contribution in [3.63, 3.8) is 0 Å². The Labute approximate surface area is 136 Å². The summed E-state index contributed by atoms with van der Waals surface area (Å²) in [5, 5.41) is 0. The predicted molar refractivity (Wildman–Crippen MR) is 89.7 cm³/mol. The highest BCUT2D eigenvalue weighted by Crippen LogP contribution is 2.36. The van der Waals surface area contributed by atoms with Gasteiger partial charge in [0.1, 0.15) is 5.67 Å². The fourth-order valence-corrected chi connectivity index (χ4v) is 3.53. The number of hydrogen-bond acceptors (Lipinski definition) is 2. The first kappa shape index (κ1) is 15.9. The molecule has 2 atom stereocenters. The molecule has 1 fully saturated rings. The molecule has 0 bridgehead atoms. The number of benzene rings is 1. The van der Waals surface area contributed by atoms with Crippen molar-refractivity contribution in [3.8, 4) is 0 Å². The summed E-state index contributed by atoms with van der Waals surface area (Å²) in [5.41, 5.74) is 5.36. The van der Waals surface area contributed by atoms with E-state index in [-0.39, 0.29) is 17.9 Å². The van der Waals surface area contributed by atoms with Crippen molar-refractivity contribution in [1.82, 2.24) is 4.90 Å². The Hall–Kier alpha value is -1.94. The van der Waals surface area contributed by atoms with Crippen LogP contribution in [-0.2, 0) is 10.2 Å². The van der Waals surface area contributed by atoms with E-state index in [0.717, 1.165) is 12.0 Å². The number of nitrogens with two attached hydrogens (primary N) is 1. The molecule has 0 aromatic heterocycles. The van der Waals surface area contributed by atoms with E-state index in [0.29, 0.717) is 25.9 Å². The van der Waals surface area contributed by atoms with Gasteiger partial charge in [0, 0.05) is 31.3 Å². The molecule has 1 amide bonds. The molecular weight excluding hydrogens is 291 g/mol. The number of piperidine rings is 1. The molecule has 4 heteroatoms. The third-order valence-corrected chi connectivity index (χ3v) is 5.03. The fourth-order valence-electron chi connectivity index (χ4n) is 3.53. The van der Waals surface area contributed by atoms with Gasteiger partial charge < -0.3 is 10.6 Å². The van der Waals surface area contributed by atoms with Crippen LogP contribution in [0, 0.1) is 0 Å². The summed E-state index contributed by atoms with van der Waals surface area (Å²) in [6, 6.07) is 9.96. The molecule has 3 nitrogen and oxygen atoms in total. The fraction of sp³-hybridized carbons (Fsp3) is 0.421. The number of nitrogens with zero attached hydrogens (tertiary/aromatic N) is 1. The summed E-state index contributed by atoms with van der Waals surface area (Å²) in [5.74, 6) is -0.00877. The minimum Gasteiger partial charge on any atom is -0.339 e. The number of alkyl halides is 1. The summed E-state index contributed by atoms with van der Waals surface area (Å²) >= 11 is 0. The predicted octanol–water partition coefficient (Wildman–Crippen LogP) is 2.73. The Bertz CT molecular complexity index is 628. The topological polar surface area (TPSA) is 46.3 Å². The van der Waals surface area contributed by atoms with Gasteiger partial charge in [0.15, 0.2) is 0 Å². The van der Waals surface area contributed by atoms with Crippen molar-refractivity contribution in [2.75, 3.05) is 19.6 Å². The zero-order valence-electron chi connectivity index (χ0n) is 13.2. The van der Waals surface area contributed by atoms with E-state index in [4.69, 9.17) is 5.73 Å². The van der Waals surface area contributed by atoms with Crippen molar-refractivity contribution in [2.24, 2.45) is 5.73 Å². The lowest BCUT2D eigenvalue weighted by Gasteiger charge is -2.42. The number of hydrogen-bond donors (Lipinski definition) is 1. The van der Waals surface area contributed by atoms with E-state index < -0.39 is 5.67 Å². The van der Waals surface area contributed by atoms with Crippen LogP contribution in [0.1, 0.15) is 24.8 Å². The van der Waals surface area contributed by atoms with Gasteiger partial charge in [-0.25, -0.2) is 4.39 Å². The summed E-state index contributed by atoms with van der Waals surface area (Å²) < 4.78 is 14.8. The summed E-state index contributed by atoms with van der Waals surface area (Å²) in [6.07, 6.45) is 8.37. The van der Waals surface area contributed by atoms with Gasteiger partial charge in [-0.15, -0.1) is 0 Å². The largest absolute Gasteiger partial charge is 0.339 e. The van der Waals surface area contributed by atoms with Gasteiger partial charge in [0.2, 0.25) is 5.91 Å². The standard InChI is InChI=1S/C19H23FN2O/c20-19(9-5-2-6-10-19)15-22-12-11-18(14-21,13-17(22)23)16-7-3-1-4-8-16/h1-9H,10-15,21H2. The van der Waals surface area contributed by atoms with Crippen LogP contribution in [0.4, 0.5) is 4.39 Å². The average molecular weight is 314 g/mol. The number of carbonyl (C=O) groups excluding carboxylic acids is 1. The second kappa shape index (κ2) is 6.28. The maximum Gasteiger partial charge on any atom is 0.223 e. The molecular formula is C19H23FN2O. The van der Waals surface area contributed by atoms with Crippen LogP contribution in [0.2, 0.25) is 0 Å². The van der Waals surface area contributed by atoms with Crippen LogP contribution in [0.25, 0.3) is 0 Å². The molecule has 2 unspecified atom stereocenters. The molecule has 2 aliphatic rings. The highest BCUT2D eigenvalue weighted by molar-refractivity contribution is 5.79. The minimum atomic E-state index is -1.44. The number of likely N-dealkylation sites (tertiary alicyclic amines) is 1. The first-order chi connectivity index (χ1) is 11.1. The van der Waals surface area contributed by atoms with Crippen LogP contribution < -0.4 is 5.73 Å². The number of allylic oxidation sites excluding steroid dienone is 3. The zero-order chi connectivity index (χ0) is 16.3. The maximum atomic E-state index is 14.8. The first-order valence-electron chi connectivity index (χ1n) is 8.14. The van der Waals surface area contributed by atoms with Gasteiger partial charge in [0.05, 0.1) is 6.54 Å². The van der Waals surface area contributed by atoms with Crippen molar-refractivity contribution in [1.29, 1.82) is 0 Å². The van der Waals surface area contributed by atoms with Gasteiger partial charge in [-0.2, -0.15) is 0 Å². The van der Waals surface area contributed by atoms with Crippen LogP contribution >= 0.6 is 0 Å². The molecule has 122 valence electrons. The zero-order valence-corrected chi connectivity index (χ0v) is 13.2. The Kier molecular flexibility index (Phi) is 4.35. The van der Waals surface area contributed by atoms with Crippen LogP contribution in [0.5, 0.6) is 0 Å². The van der Waals surface area contributed by atoms with Gasteiger partial charge in [0.25, 0.3) is 0 Å². The minimum absolute atomic E-state index is 0.00877. The number of carbonyl (C=O) groups is 1. The molecule has 1 aromatic carbocycles. The van der Waals surface area contributed by atoms with Gasteiger partial charge >= 0.3 is 0 Å². The molecule has 2 N–H and O–H groups in total. The second-order valence-electron chi connectivity index (χ2n) is 6.62. The van der Waals surface area contributed by atoms with Gasteiger partial charge in [-0.05, 0) is 18.1 Å². The molecule has 1 aliphatic carbocycles. The highest BCUT2D eigenvalue weighted by Gasteiger charge is 2.41. The normalized spacial score (nSPS) is 30.7. The molecule has 1 aromatic rings. The molecule has 0 radical (unpaired) electrons. The molecule has 1 heterocycles. The summed E-state index contributed by atoms with van der Waals surface area (Å²) in [7, 11) is 0. The highest BCUT2D eigenvalue weighted by atomic mass is 19.1. The average Bonchev–Trinajstić information content (AvgIpc) is 2.58. The maximum absolute atomic E-state index is 14.8. The lowest BCUT2D eigenvalue weighted by molar-refractivity contribution is -0.137. The van der Waals surface area contributed by atoms with Crippen LogP contribution in [0.3, 0.4) is 0 Å².